The molecule has 1 aliphatic rings. The molecule has 1 aromatic heterocycles. The lowest BCUT2D eigenvalue weighted by molar-refractivity contribution is -0.149. The first-order valence-electron chi connectivity index (χ1n) is 6.85. The minimum absolute atomic E-state index is 0.239. The molecule has 0 saturated carbocycles. The van der Waals surface area contributed by atoms with E-state index in [4.69, 9.17) is 9.84 Å². The van der Waals surface area contributed by atoms with Crippen molar-refractivity contribution < 1.29 is 19.4 Å². The molecule has 8 heteroatoms. The fraction of sp³-hybridized carbons (Fsp3) is 0.615. The summed E-state index contributed by atoms with van der Waals surface area (Å²) in [6, 6.07) is -0.305. The van der Waals surface area contributed by atoms with Crippen LogP contribution < -0.4 is 10.6 Å². The monoisotopic (exact) mass is 296 g/mol. The third-order valence-electron chi connectivity index (χ3n) is 3.65. The highest BCUT2D eigenvalue weighted by Crippen LogP contribution is 2.19. The Bertz CT molecular complexity index is 528. The number of nitrogens with one attached hydrogen (secondary N) is 2. The minimum Gasteiger partial charge on any atom is -0.479 e. The van der Waals surface area contributed by atoms with Gasteiger partial charge in [0.15, 0.2) is 6.10 Å². The summed E-state index contributed by atoms with van der Waals surface area (Å²) in [6.07, 6.45) is 1.85. The number of aliphatic carboxylic acids is 1. The van der Waals surface area contributed by atoms with Crippen molar-refractivity contribution in [1.29, 1.82) is 0 Å². The largest absolute Gasteiger partial charge is 0.479 e. The van der Waals surface area contributed by atoms with Gasteiger partial charge in [0.25, 0.3) is 0 Å². The van der Waals surface area contributed by atoms with Crippen molar-refractivity contribution in [2.24, 2.45) is 7.05 Å². The van der Waals surface area contributed by atoms with Crippen molar-refractivity contribution >= 4 is 12.0 Å². The van der Waals surface area contributed by atoms with Crippen LogP contribution in [0.5, 0.6) is 0 Å². The van der Waals surface area contributed by atoms with Crippen LogP contribution in [0.2, 0.25) is 0 Å². The average molecular weight is 296 g/mol. The molecule has 21 heavy (non-hydrogen) atoms. The molecule has 1 aliphatic heterocycles. The van der Waals surface area contributed by atoms with Crippen LogP contribution in [0.3, 0.4) is 0 Å². The normalized spacial score (nSPS) is 21.2. The number of hydrogen-bond acceptors (Lipinski definition) is 4. The number of carboxylic acid groups (broad SMARTS) is 1. The minimum atomic E-state index is -0.950. The molecule has 2 heterocycles. The molecule has 2 rings (SSSR count). The van der Waals surface area contributed by atoms with Crippen LogP contribution >= 0.6 is 0 Å². The van der Waals surface area contributed by atoms with Crippen molar-refractivity contribution in [2.75, 3.05) is 6.54 Å². The van der Waals surface area contributed by atoms with E-state index in [1.54, 1.807) is 10.9 Å². The summed E-state index contributed by atoms with van der Waals surface area (Å²) in [5.74, 6) is -0.950. The molecular formula is C13H20N4O4. The van der Waals surface area contributed by atoms with E-state index in [2.05, 4.69) is 15.7 Å². The number of carboxylic acids is 1. The molecule has 116 valence electrons. The molecular weight excluding hydrogens is 276 g/mol. The molecule has 2 unspecified atom stereocenters. The summed E-state index contributed by atoms with van der Waals surface area (Å²) in [6.45, 7) is 2.64. The highest BCUT2D eigenvalue weighted by atomic mass is 16.5. The van der Waals surface area contributed by atoms with Crippen molar-refractivity contribution in [2.45, 2.75) is 38.5 Å². The molecule has 1 fully saturated rings. The van der Waals surface area contributed by atoms with E-state index in [9.17, 15) is 9.59 Å². The van der Waals surface area contributed by atoms with Gasteiger partial charge in [-0.1, -0.05) is 0 Å². The third kappa shape index (κ3) is 3.94. The van der Waals surface area contributed by atoms with Gasteiger partial charge in [-0.25, -0.2) is 9.59 Å². The Morgan fingerprint density at radius 2 is 2.24 bits per heavy atom. The van der Waals surface area contributed by atoms with Gasteiger partial charge in [0.05, 0.1) is 12.3 Å². The maximum absolute atomic E-state index is 11.7. The number of carbonyl (C=O) groups is 2. The van der Waals surface area contributed by atoms with Crippen LogP contribution in [-0.4, -0.2) is 45.6 Å². The van der Waals surface area contributed by atoms with E-state index in [0.29, 0.717) is 25.9 Å². The van der Waals surface area contributed by atoms with Gasteiger partial charge in [-0.2, -0.15) is 5.10 Å². The van der Waals surface area contributed by atoms with Gasteiger partial charge in [-0.3, -0.25) is 4.68 Å². The smallest absolute Gasteiger partial charge is 0.332 e. The highest BCUT2D eigenvalue weighted by Gasteiger charge is 2.30. The lowest BCUT2D eigenvalue weighted by Crippen LogP contribution is -2.39. The first kappa shape index (κ1) is 15.3. The molecule has 1 aromatic rings. The van der Waals surface area contributed by atoms with Crippen LogP contribution in [-0.2, 0) is 23.1 Å². The second-order valence-electron chi connectivity index (χ2n) is 5.10. The third-order valence-corrected chi connectivity index (χ3v) is 3.65. The Morgan fingerprint density at radius 1 is 1.48 bits per heavy atom. The molecule has 0 aliphatic carbocycles. The zero-order chi connectivity index (χ0) is 15.4. The Morgan fingerprint density at radius 3 is 2.81 bits per heavy atom. The lowest BCUT2D eigenvalue weighted by Gasteiger charge is -2.13. The Hall–Kier alpha value is -2.09. The topological polar surface area (TPSA) is 105 Å². The van der Waals surface area contributed by atoms with E-state index in [0.717, 1.165) is 11.3 Å². The zero-order valence-corrected chi connectivity index (χ0v) is 12.1. The van der Waals surface area contributed by atoms with Crippen LogP contribution in [0.25, 0.3) is 0 Å². The Kier molecular flexibility index (Phi) is 4.79. The molecule has 0 aromatic carbocycles. The summed E-state index contributed by atoms with van der Waals surface area (Å²) in [5.41, 5.74) is 1.95. The maximum atomic E-state index is 11.7. The van der Waals surface area contributed by atoms with Crippen LogP contribution in [0, 0.1) is 6.92 Å². The predicted molar refractivity (Wildman–Crippen MR) is 73.7 cm³/mol. The quantitative estimate of drug-likeness (QED) is 0.718. The highest BCUT2D eigenvalue weighted by molar-refractivity contribution is 5.74. The van der Waals surface area contributed by atoms with Crippen LogP contribution in [0.4, 0.5) is 4.79 Å². The Labute approximate surface area is 122 Å². The Balaban J connectivity index is 1.69. The second-order valence-corrected chi connectivity index (χ2v) is 5.10. The summed E-state index contributed by atoms with van der Waals surface area (Å²) in [7, 11) is 1.84. The lowest BCUT2D eigenvalue weighted by atomic mass is 10.2. The predicted octanol–water partition coefficient (Wildman–Crippen LogP) is 0.160. The number of rotatable bonds is 5. The number of ether oxygens (including phenoxy) is 1. The molecule has 2 amide bonds. The zero-order valence-electron chi connectivity index (χ0n) is 12.1. The van der Waals surface area contributed by atoms with Gasteiger partial charge >= 0.3 is 12.0 Å². The SMILES string of the molecule is Cc1c(CNC(=O)NCC2CCC(C(=O)O)O2)cnn1C. The number of aromatic nitrogens is 2. The number of carbonyl (C=O) groups excluding carboxylic acids is 1. The fourth-order valence-electron chi connectivity index (χ4n) is 2.20. The van der Waals surface area contributed by atoms with Crippen molar-refractivity contribution in [3.05, 3.63) is 17.5 Å². The summed E-state index contributed by atoms with van der Waals surface area (Å²) in [4.78, 5) is 22.4. The van der Waals surface area contributed by atoms with Gasteiger partial charge in [0.2, 0.25) is 0 Å². The van der Waals surface area contributed by atoms with Crippen molar-refractivity contribution in [3.63, 3.8) is 0 Å². The summed E-state index contributed by atoms with van der Waals surface area (Å²) in [5, 5.41) is 18.3. The van der Waals surface area contributed by atoms with E-state index in [1.807, 2.05) is 14.0 Å². The molecule has 0 spiro atoms. The van der Waals surface area contributed by atoms with E-state index < -0.39 is 12.1 Å². The van der Waals surface area contributed by atoms with Gasteiger partial charge in [-0.15, -0.1) is 0 Å². The number of hydrogen-bond donors (Lipinski definition) is 3. The van der Waals surface area contributed by atoms with E-state index in [1.165, 1.54) is 0 Å². The summed E-state index contributed by atoms with van der Waals surface area (Å²) < 4.78 is 7.05. The second kappa shape index (κ2) is 6.57. The number of urea groups is 1. The van der Waals surface area contributed by atoms with Crippen LogP contribution in [0.1, 0.15) is 24.1 Å². The standard InChI is InChI=1S/C13H20N4O4/c1-8-9(6-16-17(8)2)5-14-13(20)15-7-10-3-4-11(21-10)12(18)19/h6,10-11H,3-5,7H2,1-2H3,(H,18,19)(H2,14,15,20). The van der Waals surface area contributed by atoms with Crippen molar-refractivity contribution in [1.82, 2.24) is 20.4 Å². The molecule has 0 bridgehead atoms. The van der Waals surface area contributed by atoms with Gasteiger partial charge in [-0.05, 0) is 19.8 Å². The van der Waals surface area contributed by atoms with E-state index in [-0.39, 0.29) is 12.1 Å². The first-order valence-corrected chi connectivity index (χ1v) is 6.85. The van der Waals surface area contributed by atoms with Crippen molar-refractivity contribution in [3.8, 4) is 0 Å². The average Bonchev–Trinajstić information content (AvgIpc) is 3.04. The number of nitrogens with zero attached hydrogens (tertiary/aromatic N) is 2. The van der Waals surface area contributed by atoms with Gasteiger partial charge in [0, 0.05) is 31.4 Å². The van der Waals surface area contributed by atoms with Gasteiger partial charge in [0.1, 0.15) is 0 Å². The molecule has 1 saturated heterocycles. The number of amides is 2. The maximum Gasteiger partial charge on any atom is 0.332 e. The molecule has 0 radical (unpaired) electrons. The molecule has 3 N–H and O–H groups in total. The molecule has 2 atom stereocenters. The van der Waals surface area contributed by atoms with Gasteiger partial charge < -0.3 is 20.5 Å². The summed E-state index contributed by atoms with van der Waals surface area (Å²) >= 11 is 0. The number of aryl methyl sites for hydroxylation is 1. The fourth-order valence-corrected chi connectivity index (χ4v) is 2.20. The van der Waals surface area contributed by atoms with Crippen LogP contribution in [0.15, 0.2) is 6.20 Å². The molecule has 8 nitrogen and oxygen atoms in total. The van der Waals surface area contributed by atoms with E-state index >= 15 is 0 Å². The first-order chi connectivity index (χ1) is 9.97.